The predicted molar refractivity (Wildman–Crippen MR) is 211 cm³/mol. The van der Waals surface area contributed by atoms with Gasteiger partial charge in [-0.3, -0.25) is 13.8 Å². The van der Waals surface area contributed by atoms with E-state index in [0.717, 1.165) is 64.2 Å². The first-order valence-electron chi connectivity index (χ1n) is 19.9. The van der Waals surface area contributed by atoms with Gasteiger partial charge in [0.05, 0.1) is 25.6 Å². The van der Waals surface area contributed by atoms with Gasteiger partial charge < -0.3 is 25.2 Å². The molecular weight excluding hydrogens is 665 g/mol. The number of hydrogen-bond donors (Lipinski definition) is 3. The van der Waals surface area contributed by atoms with Crippen LogP contribution in [0.15, 0.2) is 60.9 Å². The minimum atomic E-state index is -4.31. The lowest BCUT2D eigenvalue weighted by Crippen LogP contribution is -2.27. The molecular formula is C41H74NO8P. The molecule has 0 spiro atoms. The summed E-state index contributed by atoms with van der Waals surface area (Å²) in [5.41, 5.74) is 5.35. The van der Waals surface area contributed by atoms with Crippen LogP contribution in [-0.4, -0.2) is 54.5 Å². The van der Waals surface area contributed by atoms with E-state index in [1.54, 1.807) is 12.3 Å². The summed E-state index contributed by atoms with van der Waals surface area (Å²) in [6.07, 6.45) is 42.3. The van der Waals surface area contributed by atoms with Crippen molar-refractivity contribution in [3.63, 3.8) is 0 Å². The van der Waals surface area contributed by atoms with Gasteiger partial charge in [0.1, 0.15) is 6.61 Å². The first-order chi connectivity index (χ1) is 24.8. The van der Waals surface area contributed by atoms with Crippen LogP contribution in [0.4, 0.5) is 0 Å². The maximum atomic E-state index is 12.5. The van der Waals surface area contributed by atoms with E-state index in [4.69, 9.17) is 24.3 Å². The number of unbranched alkanes of at least 4 members (excludes halogenated alkanes) is 16. The SMILES string of the molecule is CC/C=C/CC(O)/C=C/C=C/CCCCCCCC(=O)O[C@H](CO/C=C/CCCCCC/C=C\CCCCCCCC)COP(=O)(O)OCCN. The molecule has 0 bridgehead atoms. The van der Waals surface area contributed by atoms with Crippen LogP contribution in [0.2, 0.25) is 0 Å². The lowest BCUT2D eigenvalue weighted by Gasteiger charge is -2.19. The Bertz CT molecular complexity index is 981. The Morgan fingerprint density at radius 1 is 0.706 bits per heavy atom. The van der Waals surface area contributed by atoms with Crippen LogP contribution < -0.4 is 5.73 Å². The monoisotopic (exact) mass is 740 g/mol. The van der Waals surface area contributed by atoms with Gasteiger partial charge in [-0.1, -0.05) is 127 Å². The molecule has 9 nitrogen and oxygen atoms in total. The van der Waals surface area contributed by atoms with Gasteiger partial charge in [0.2, 0.25) is 0 Å². The van der Waals surface area contributed by atoms with Crippen molar-refractivity contribution in [1.82, 2.24) is 0 Å². The van der Waals surface area contributed by atoms with Crippen LogP contribution in [0, 0.1) is 0 Å². The number of aliphatic hydroxyl groups excluding tert-OH is 1. The van der Waals surface area contributed by atoms with Crippen molar-refractivity contribution in [1.29, 1.82) is 0 Å². The van der Waals surface area contributed by atoms with Gasteiger partial charge in [-0.05, 0) is 76.7 Å². The Kier molecular flexibility index (Phi) is 36.3. The first kappa shape index (κ1) is 49.0. The third-order valence-electron chi connectivity index (χ3n) is 8.06. The summed E-state index contributed by atoms with van der Waals surface area (Å²) >= 11 is 0. The molecule has 51 heavy (non-hydrogen) atoms. The normalized spacial score (nSPS) is 14.8. The fourth-order valence-electron chi connectivity index (χ4n) is 5.11. The zero-order valence-electron chi connectivity index (χ0n) is 32.2. The van der Waals surface area contributed by atoms with Crippen molar-refractivity contribution in [3.8, 4) is 0 Å². The summed E-state index contributed by atoms with van der Waals surface area (Å²) < 4.78 is 33.0. The Morgan fingerprint density at radius 3 is 1.92 bits per heavy atom. The summed E-state index contributed by atoms with van der Waals surface area (Å²) in [4.78, 5) is 22.4. The molecule has 3 atom stereocenters. The smallest absolute Gasteiger partial charge is 0.472 e. The average Bonchev–Trinajstić information content (AvgIpc) is 3.11. The average molecular weight is 740 g/mol. The maximum absolute atomic E-state index is 12.5. The van der Waals surface area contributed by atoms with Crippen LogP contribution >= 0.6 is 7.82 Å². The molecule has 296 valence electrons. The second-order valence-electron chi connectivity index (χ2n) is 13.0. The number of hydrogen-bond acceptors (Lipinski definition) is 8. The van der Waals surface area contributed by atoms with Crippen LogP contribution in [0.1, 0.15) is 155 Å². The van der Waals surface area contributed by atoms with Gasteiger partial charge >= 0.3 is 13.8 Å². The standard InChI is InChI=1S/C41H74NO8P/c1-3-5-7-8-9-10-11-12-13-14-15-16-20-23-26-30-35-47-37-40(38-49-51(45,46)48-36-34-42)50-41(44)33-29-25-22-19-17-18-21-24-28-32-39(43)31-27-6-4-2/h6,12-13,21,24,27-28,30,32,35,39-40,43H,3-5,7-11,14-20,22-23,25-26,29,31,33-34,36-38,42H2,1-2H3,(H,45,46)/b13-12-,24-21+,27-6+,32-28+,35-30+/t39?,40-/m1/s1. The van der Waals surface area contributed by atoms with E-state index in [0.29, 0.717) is 12.8 Å². The fourth-order valence-corrected chi connectivity index (χ4v) is 5.87. The number of ether oxygens (including phenoxy) is 2. The van der Waals surface area contributed by atoms with Crippen LogP contribution in [0.3, 0.4) is 0 Å². The minimum Gasteiger partial charge on any atom is -0.498 e. The third-order valence-corrected chi connectivity index (χ3v) is 9.05. The lowest BCUT2D eigenvalue weighted by atomic mass is 10.1. The van der Waals surface area contributed by atoms with E-state index in [9.17, 15) is 19.4 Å². The highest BCUT2D eigenvalue weighted by Gasteiger charge is 2.25. The molecule has 0 fully saturated rings. The van der Waals surface area contributed by atoms with Crippen LogP contribution in [-0.2, 0) is 27.9 Å². The number of carbonyl (C=O) groups is 1. The van der Waals surface area contributed by atoms with Crippen molar-refractivity contribution in [2.75, 3.05) is 26.4 Å². The Labute approximate surface area is 311 Å². The number of nitrogens with two attached hydrogens (primary N) is 1. The number of phosphoric ester groups is 1. The first-order valence-corrected chi connectivity index (χ1v) is 21.4. The summed E-state index contributed by atoms with van der Waals surface area (Å²) in [5.74, 6) is -0.397. The minimum absolute atomic E-state index is 0.00176. The van der Waals surface area contributed by atoms with E-state index in [-0.39, 0.29) is 32.8 Å². The number of carbonyl (C=O) groups excluding carboxylic acids is 1. The molecule has 0 heterocycles. The van der Waals surface area contributed by atoms with E-state index in [1.807, 2.05) is 24.3 Å². The quantitative estimate of drug-likeness (QED) is 0.0142. The highest BCUT2D eigenvalue weighted by molar-refractivity contribution is 7.47. The van der Waals surface area contributed by atoms with E-state index in [1.165, 1.54) is 57.8 Å². The van der Waals surface area contributed by atoms with Crippen LogP contribution in [0.5, 0.6) is 0 Å². The van der Waals surface area contributed by atoms with Crippen molar-refractivity contribution in [2.24, 2.45) is 5.73 Å². The third kappa shape index (κ3) is 37.6. The summed E-state index contributed by atoms with van der Waals surface area (Å²) in [6, 6.07) is 0. The summed E-state index contributed by atoms with van der Waals surface area (Å²) in [7, 11) is -4.31. The van der Waals surface area contributed by atoms with Crippen LogP contribution in [0.25, 0.3) is 0 Å². The van der Waals surface area contributed by atoms with Gasteiger partial charge in [-0.2, -0.15) is 0 Å². The second kappa shape index (κ2) is 37.7. The fraction of sp³-hybridized carbons (Fsp3) is 0.732. The van der Waals surface area contributed by atoms with Crippen molar-refractivity contribution < 1.29 is 37.9 Å². The Balaban J connectivity index is 4.23. The highest BCUT2D eigenvalue weighted by atomic mass is 31.2. The summed E-state index contributed by atoms with van der Waals surface area (Å²) in [6.45, 7) is 3.95. The topological polar surface area (TPSA) is 138 Å². The predicted octanol–water partition coefficient (Wildman–Crippen LogP) is 10.7. The second-order valence-corrected chi connectivity index (χ2v) is 14.5. The largest absolute Gasteiger partial charge is 0.498 e. The maximum Gasteiger partial charge on any atom is 0.472 e. The number of rotatable bonds is 37. The number of allylic oxidation sites excluding steroid dienone is 7. The molecule has 0 aliphatic heterocycles. The zero-order valence-corrected chi connectivity index (χ0v) is 33.1. The van der Waals surface area contributed by atoms with E-state index >= 15 is 0 Å². The molecule has 0 aromatic rings. The molecule has 0 aromatic carbocycles. The molecule has 0 saturated carbocycles. The molecule has 2 unspecified atom stereocenters. The lowest BCUT2D eigenvalue weighted by molar-refractivity contribution is -0.153. The highest BCUT2D eigenvalue weighted by Crippen LogP contribution is 2.43. The van der Waals surface area contributed by atoms with Gasteiger partial charge in [-0.25, -0.2) is 4.57 Å². The van der Waals surface area contributed by atoms with Crippen molar-refractivity contribution in [3.05, 3.63) is 60.9 Å². The van der Waals surface area contributed by atoms with Gasteiger partial charge in [0, 0.05) is 13.0 Å². The zero-order chi connectivity index (χ0) is 37.5. The molecule has 0 rings (SSSR count). The number of aliphatic hydroxyl groups is 1. The van der Waals surface area contributed by atoms with Crippen molar-refractivity contribution >= 4 is 13.8 Å². The molecule has 0 amide bonds. The summed E-state index contributed by atoms with van der Waals surface area (Å²) in [5, 5.41) is 9.86. The molecule has 0 saturated heterocycles. The van der Waals surface area contributed by atoms with E-state index < -0.39 is 26.0 Å². The molecule has 0 radical (unpaired) electrons. The van der Waals surface area contributed by atoms with Gasteiger partial charge in [-0.15, -0.1) is 0 Å². The molecule has 0 aliphatic carbocycles. The Hall–Kier alpha value is -2.00. The molecule has 0 aliphatic rings. The molecule has 10 heteroatoms. The number of phosphoric acid groups is 1. The molecule has 4 N–H and O–H groups in total. The van der Waals surface area contributed by atoms with E-state index in [2.05, 4.69) is 38.2 Å². The molecule has 0 aromatic heterocycles. The Morgan fingerprint density at radius 2 is 1.29 bits per heavy atom. The van der Waals surface area contributed by atoms with Gasteiger partial charge in [0.15, 0.2) is 6.10 Å². The van der Waals surface area contributed by atoms with Gasteiger partial charge in [0.25, 0.3) is 0 Å². The van der Waals surface area contributed by atoms with Crippen molar-refractivity contribution in [2.45, 2.75) is 167 Å². The number of esters is 1.